The highest BCUT2D eigenvalue weighted by atomic mass is 32.1. The number of carbonyl (C=O) groups is 2. The Morgan fingerprint density at radius 2 is 2.00 bits per heavy atom. The maximum Gasteiger partial charge on any atom is 0.412 e. The SMILES string of the molecule is CNC(=O)CN(C)[C@H]1CCN(c2ncc3c4c(c(-c5ncc(F)c6sc(NC(=O)OC(C)(C)C)c(C#N)c56)c(F)c3n2)COC4)C1. The van der Waals surface area contributed by atoms with Crippen molar-refractivity contribution < 1.29 is 27.8 Å². The van der Waals surface area contributed by atoms with Gasteiger partial charge < -0.3 is 19.7 Å². The van der Waals surface area contributed by atoms with E-state index < -0.39 is 23.3 Å². The zero-order valence-electron chi connectivity index (χ0n) is 26.0. The third-order valence-corrected chi connectivity index (χ3v) is 9.17. The normalized spacial score (nSPS) is 16.2. The summed E-state index contributed by atoms with van der Waals surface area (Å²) in [7, 11) is 3.47. The number of thiophene rings is 1. The summed E-state index contributed by atoms with van der Waals surface area (Å²) in [6.07, 6.45) is 2.52. The molecule has 1 aromatic carbocycles. The minimum Gasteiger partial charge on any atom is -0.444 e. The Morgan fingerprint density at radius 1 is 1.24 bits per heavy atom. The zero-order chi connectivity index (χ0) is 32.9. The quantitative estimate of drug-likeness (QED) is 0.301. The van der Waals surface area contributed by atoms with Gasteiger partial charge in [-0.15, -0.1) is 11.3 Å². The molecule has 2 N–H and O–H groups in total. The summed E-state index contributed by atoms with van der Waals surface area (Å²) in [5, 5.41) is 16.0. The lowest BCUT2D eigenvalue weighted by Crippen LogP contribution is -2.41. The second-order valence-electron chi connectivity index (χ2n) is 12.3. The van der Waals surface area contributed by atoms with Crippen LogP contribution in [-0.4, -0.2) is 77.2 Å². The number of anilines is 2. The Balaban J connectivity index is 1.45. The number of nitrogens with zero attached hydrogens (tertiary/aromatic N) is 6. The molecule has 240 valence electrons. The summed E-state index contributed by atoms with van der Waals surface area (Å²) in [6.45, 7) is 6.75. The van der Waals surface area contributed by atoms with E-state index >= 15 is 8.78 Å². The molecular weight excluding hydrogens is 618 g/mol. The van der Waals surface area contributed by atoms with Gasteiger partial charge in [0.1, 0.15) is 22.2 Å². The predicted octanol–water partition coefficient (Wildman–Crippen LogP) is 4.69. The molecule has 46 heavy (non-hydrogen) atoms. The molecule has 0 bridgehead atoms. The van der Waals surface area contributed by atoms with Crippen molar-refractivity contribution in [2.75, 3.05) is 43.9 Å². The molecule has 5 heterocycles. The van der Waals surface area contributed by atoms with Crippen molar-refractivity contribution in [1.82, 2.24) is 25.2 Å². The number of pyridine rings is 1. The maximum atomic E-state index is 16.8. The van der Waals surface area contributed by atoms with E-state index in [1.54, 1.807) is 34.0 Å². The van der Waals surface area contributed by atoms with Gasteiger partial charge in [-0.25, -0.2) is 23.5 Å². The van der Waals surface area contributed by atoms with Gasteiger partial charge in [0.15, 0.2) is 11.6 Å². The largest absolute Gasteiger partial charge is 0.444 e. The van der Waals surface area contributed by atoms with Crippen LogP contribution in [0.5, 0.6) is 0 Å². The Bertz CT molecular complexity index is 1940. The van der Waals surface area contributed by atoms with Gasteiger partial charge in [0, 0.05) is 48.7 Å². The van der Waals surface area contributed by atoms with E-state index in [2.05, 4.69) is 25.6 Å². The number of aromatic nitrogens is 3. The highest BCUT2D eigenvalue weighted by Crippen LogP contribution is 2.46. The molecule has 0 saturated carbocycles. The van der Waals surface area contributed by atoms with Crippen LogP contribution in [0.3, 0.4) is 0 Å². The molecule has 2 aliphatic rings. The van der Waals surface area contributed by atoms with Crippen molar-refractivity contribution in [1.29, 1.82) is 5.26 Å². The molecule has 2 amide bonds. The molecule has 15 heteroatoms. The van der Waals surface area contributed by atoms with Crippen molar-refractivity contribution in [3.05, 3.63) is 40.7 Å². The number of carbonyl (C=O) groups excluding carboxylic acids is 2. The first kappa shape index (κ1) is 31.5. The van der Waals surface area contributed by atoms with Crippen LogP contribution in [0, 0.1) is 23.0 Å². The number of amides is 2. The van der Waals surface area contributed by atoms with E-state index in [0.717, 1.165) is 24.0 Å². The summed E-state index contributed by atoms with van der Waals surface area (Å²) in [5.41, 5.74) is 0.465. The van der Waals surface area contributed by atoms with Crippen LogP contribution in [0.2, 0.25) is 0 Å². The lowest BCUT2D eigenvalue weighted by atomic mass is 9.94. The van der Waals surface area contributed by atoms with E-state index in [4.69, 9.17) is 9.47 Å². The first-order chi connectivity index (χ1) is 21.9. The molecule has 6 rings (SSSR count). The highest BCUT2D eigenvalue weighted by molar-refractivity contribution is 7.23. The summed E-state index contributed by atoms with van der Waals surface area (Å²) in [6, 6.07) is 2.12. The number of hydrogen-bond donors (Lipinski definition) is 2. The number of likely N-dealkylation sites (N-methyl/N-ethyl adjacent to an activating group) is 2. The van der Waals surface area contributed by atoms with E-state index in [1.807, 2.05) is 22.9 Å². The fourth-order valence-electron chi connectivity index (χ4n) is 5.87. The molecule has 1 atom stereocenters. The van der Waals surface area contributed by atoms with Crippen LogP contribution in [0.15, 0.2) is 12.4 Å². The molecule has 0 unspecified atom stereocenters. The first-order valence-corrected chi connectivity index (χ1v) is 15.5. The number of nitrogens with one attached hydrogen (secondary N) is 2. The van der Waals surface area contributed by atoms with Gasteiger partial charge in [-0.2, -0.15) is 5.26 Å². The number of fused-ring (bicyclic) bond motifs is 4. The molecule has 0 radical (unpaired) electrons. The van der Waals surface area contributed by atoms with Crippen molar-refractivity contribution in [3.63, 3.8) is 0 Å². The Labute approximate surface area is 267 Å². The predicted molar refractivity (Wildman–Crippen MR) is 168 cm³/mol. The Kier molecular flexibility index (Phi) is 8.21. The van der Waals surface area contributed by atoms with E-state index in [9.17, 15) is 14.9 Å². The van der Waals surface area contributed by atoms with Crippen molar-refractivity contribution in [2.24, 2.45) is 0 Å². The average molecular weight is 651 g/mol. The lowest BCUT2D eigenvalue weighted by Gasteiger charge is -2.24. The fourth-order valence-corrected chi connectivity index (χ4v) is 6.91. The van der Waals surface area contributed by atoms with Gasteiger partial charge >= 0.3 is 6.09 Å². The fraction of sp³-hybridized carbons (Fsp3) is 0.419. The molecule has 12 nitrogen and oxygen atoms in total. The van der Waals surface area contributed by atoms with Crippen LogP contribution in [0.1, 0.15) is 43.9 Å². The molecule has 0 aliphatic carbocycles. The zero-order valence-corrected chi connectivity index (χ0v) is 26.8. The molecule has 2 aliphatic heterocycles. The van der Waals surface area contributed by atoms with Crippen LogP contribution in [-0.2, 0) is 27.5 Å². The molecule has 4 aromatic rings. The number of ether oxygens (including phenoxy) is 2. The van der Waals surface area contributed by atoms with Crippen LogP contribution in [0.4, 0.5) is 24.5 Å². The van der Waals surface area contributed by atoms with Crippen LogP contribution in [0.25, 0.3) is 32.2 Å². The Hall–Kier alpha value is -4.52. The van der Waals surface area contributed by atoms with Gasteiger partial charge in [0.2, 0.25) is 11.9 Å². The van der Waals surface area contributed by atoms with Crippen molar-refractivity contribution >= 4 is 55.3 Å². The van der Waals surface area contributed by atoms with E-state index in [0.29, 0.717) is 35.6 Å². The Morgan fingerprint density at radius 3 is 2.72 bits per heavy atom. The van der Waals surface area contributed by atoms with Crippen LogP contribution < -0.4 is 15.5 Å². The second-order valence-corrected chi connectivity index (χ2v) is 13.3. The highest BCUT2D eigenvalue weighted by Gasteiger charge is 2.33. The summed E-state index contributed by atoms with van der Waals surface area (Å²) in [4.78, 5) is 41.9. The number of halogens is 2. The van der Waals surface area contributed by atoms with Crippen molar-refractivity contribution in [2.45, 2.75) is 52.0 Å². The van der Waals surface area contributed by atoms with Gasteiger partial charge in [0.25, 0.3) is 0 Å². The van der Waals surface area contributed by atoms with Crippen LogP contribution >= 0.6 is 11.3 Å². The maximum absolute atomic E-state index is 16.8. The standard InChI is InChI=1S/C31H32F2N8O4S/c1-31(2,3)45-30(43)39-28-16(8-34)23-26(36-10-20(32)27(23)46-28)22-19-14-44-13-18(19)17-9-37-29(38-25(17)24(22)33)41-7-6-15(11-41)40(5)12-21(42)35-4/h9-10,15H,6-7,11-14H2,1-5H3,(H,35,42)(H,39,43)/t15-/m0/s1. The van der Waals surface area contributed by atoms with Gasteiger partial charge in [-0.1, -0.05) is 0 Å². The van der Waals surface area contributed by atoms with Crippen molar-refractivity contribution in [3.8, 4) is 17.3 Å². The lowest BCUT2D eigenvalue weighted by molar-refractivity contribution is -0.121. The number of nitriles is 1. The summed E-state index contributed by atoms with van der Waals surface area (Å²) in [5.74, 6) is -1.18. The minimum atomic E-state index is -0.815. The van der Waals surface area contributed by atoms with Gasteiger partial charge in [-0.05, 0) is 45.4 Å². The third-order valence-electron chi connectivity index (χ3n) is 8.06. The molecule has 1 fully saturated rings. The van der Waals surface area contributed by atoms with E-state index in [-0.39, 0.29) is 69.1 Å². The molecule has 1 saturated heterocycles. The van der Waals surface area contributed by atoms with E-state index in [1.165, 1.54) is 0 Å². The third kappa shape index (κ3) is 5.68. The summed E-state index contributed by atoms with van der Waals surface area (Å²) >= 11 is 0.843. The smallest absolute Gasteiger partial charge is 0.412 e. The van der Waals surface area contributed by atoms with Gasteiger partial charge in [0.05, 0.1) is 41.9 Å². The first-order valence-electron chi connectivity index (χ1n) is 14.6. The molecule has 0 spiro atoms. The number of benzene rings is 1. The minimum absolute atomic E-state index is 0.0344. The summed E-state index contributed by atoms with van der Waals surface area (Å²) < 4.78 is 43.1. The average Bonchev–Trinajstić information content (AvgIpc) is 3.76. The molecular formula is C31H32F2N8O4S. The second kappa shape index (κ2) is 12.0. The van der Waals surface area contributed by atoms with Gasteiger partial charge in [-0.3, -0.25) is 20.0 Å². The number of hydrogen-bond acceptors (Lipinski definition) is 11. The topological polar surface area (TPSA) is 146 Å². The monoisotopic (exact) mass is 650 g/mol. The molecule has 3 aromatic heterocycles. The number of rotatable bonds is 6.